The lowest BCUT2D eigenvalue weighted by atomic mass is 10.00. The molecule has 14 nitrogen and oxygen atoms in total. The minimum Gasteiger partial charge on any atom is -0.483 e. The van der Waals surface area contributed by atoms with Gasteiger partial charge in [-0.1, -0.05) is 52.0 Å². The third-order valence-electron chi connectivity index (χ3n) is 8.71. The number of benzene rings is 3. The molecule has 0 bridgehead atoms. The van der Waals surface area contributed by atoms with E-state index >= 15 is 0 Å². The van der Waals surface area contributed by atoms with E-state index in [1.807, 2.05) is 18.2 Å². The van der Waals surface area contributed by atoms with Crippen LogP contribution in [-0.2, 0) is 30.8 Å². The quantitative estimate of drug-likeness (QED) is 0.0851. The molecule has 0 saturated heterocycles. The minimum absolute atomic E-state index is 0.0123. The number of fused-ring (bicyclic) bond motifs is 1. The summed E-state index contributed by atoms with van der Waals surface area (Å²) in [5.74, 6) is -2.45. The van der Waals surface area contributed by atoms with Crippen LogP contribution in [0.2, 0.25) is 0 Å². The molecular weight excluding hydrogens is 732 g/mol. The molecular formula is C39H43FN6O8S. The Morgan fingerprint density at radius 2 is 1.55 bits per heavy atom. The second kappa shape index (κ2) is 17.1. The van der Waals surface area contributed by atoms with Gasteiger partial charge in [-0.3, -0.25) is 20.2 Å². The summed E-state index contributed by atoms with van der Waals surface area (Å²) in [5, 5.41) is 22.4. The molecule has 2 amide bonds. The Morgan fingerprint density at radius 1 is 0.873 bits per heavy atom. The third-order valence-corrected chi connectivity index (χ3v) is 9.82. The number of anilines is 2. The Bertz CT molecular complexity index is 2280. The molecule has 0 aliphatic heterocycles. The molecule has 0 aliphatic rings. The number of sulfone groups is 1. The van der Waals surface area contributed by atoms with Crippen molar-refractivity contribution in [1.29, 1.82) is 0 Å². The summed E-state index contributed by atoms with van der Waals surface area (Å²) >= 11 is 0. The Kier molecular flexibility index (Phi) is 12.5. The van der Waals surface area contributed by atoms with Crippen LogP contribution >= 0.6 is 0 Å². The zero-order chi connectivity index (χ0) is 40.0. The molecule has 5 rings (SSSR count). The molecule has 1 unspecified atom stereocenters. The summed E-state index contributed by atoms with van der Waals surface area (Å²) in [6.07, 6.45) is 0.958. The van der Waals surface area contributed by atoms with Gasteiger partial charge in [0.1, 0.15) is 24.2 Å². The number of pyridine rings is 1. The maximum absolute atomic E-state index is 13.3. The van der Waals surface area contributed by atoms with Crippen molar-refractivity contribution in [3.63, 3.8) is 0 Å². The first kappa shape index (κ1) is 40.3. The van der Waals surface area contributed by atoms with Crippen LogP contribution in [0.25, 0.3) is 16.8 Å². The first-order chi connectivity index (χ1) is 26.0. The molecule has 55 heavy (non-hydrogen) atoms. The van der Waals surface area contributed by atoms with Crippen LogP contribution in [0.1, 0.15) is 51.9 Å². The van der Waals surface area contributed by atoms with E-state index < -0.39 is 40.1 Å². The average Bonchev–Trinajstić information content (AvgIpc) is 3.54. The van der Waals surface area contributed by atoms with Crippen LogP contribution in [0.3, 0.4) is 0 Å². The summed E-state index contributed by atoms with van der Waals surface area (Å²) in [6, 6.07) is 19.7. The predicted molar refractivity (Wildman–Crippen MR) is 204 cm³/mol. The Hall–Kier alpha value is -5.87. The topological polar surface area (TPSA) is 190 Å². The van der Waals surface area contributed by atoms with E-state index in [-0.39, 0.29) is 52.3 Å². The minimum atomic E-state index is -3.65. The number of rotatable bonds is 15. The maximum atomic E-state index is 13.3. The lowest BCUT2D eigenvalue weighted by Crippen LogP contribution is -2.50. The van der Waals surface area contributed by atoms with Gasteiger partial charge in [-0.25, -0.2) is 27.1 Å². The zero-order valence-corrected chi connectivity index (χ0v) is 31.9. The Labute approximate surface area is 318 Å². The van der Waals surface area contributed by atoms with Crippen molar-refractivity contribution in [3.8, 4) is 16.9 Å². The van der Waals surface area contributed by atoms with Crippen LogP contribution < -0.4 is 20.7 Å². The fourth-order valence-corrected chi connectivity index (χ4v) is 6.14. The summed E-state index contributed by atoms with van der Waals surface area (Å²) in [5.41, 5.74) is 3.57. The lowest BCUT2D eigenvalue weighted by molar-refractivity contribution is -0.142. The van der Waals surface area contributed by atoms with E-state index in [4.69, 9.17) is 9.47 Å². The molecule has 5 aromatic rings. The summed E-state index contributed by atoms with van der Waals surface area (Å²) in [6.45, 7) is 8.56. The number of carboxylic acids is 1. The van der Waals surface area contributed by atoms with Crippen LogP contribution in [0, 0.1) is 17.7 Å². The first-order valence-electron chi connectivity index (χ1n) is 17.4. The first-order valence-corrected chi connectivity index (χ1v) is 19.3. The van der Waals surface area contributed by atoms with Gasteiger partial charge in [0.2, 0.25) is 5.91 Å². The largest absolute Gasteiger partial charge is 0.483 e. The number of ether oxygens (including phenoxy) is 2. The van der Waals surface area contributed by atoms with Crippen molar-refractivity contribution >= 4 is 44.8 Å². The molecule has 4 N–H and O–H groups in total. The molecule has 0 radical (unpaired) electrons. The van der Waals surface area contributed by atoms with Crippen molar-refractivity contribution in [2.45, 2.75) is 64.3 Å². The fraction of sp³-hybridized carbons (Fsp3) is 0.308. The maximum Gasteiger partial charge on any atom is 0.413 e. The molecule has 0 aliphatic carbocycles. The van der Waals surface area contributed by atoms with Gasteiger partial charge in [0.15, 0.2) is 27.5 Å². The summed E-state index contributed by atoms with van der Waals surface area (Å²) < 4.78 is 51.1. The molecule has 0 saturated carbocycles. The number of carbonyl (C=O) groups excluding carboxylic acids is 2. The Morgan fingerprint density at radius 3 is 2.16 bits per heavy atom. The van der Waals surface area contributed by atoms with Crippen LogP contribution in [-0.4, -0.2) is 64.6 Å². The molecule has 290 valence electrons. The number of nitrogens with zero attached hydrogens (tertiary/aromatic N) is 3. The standard InChI is InChI=1S/C39H43FN6O8S/c1-22(2)35(38(48)49)44-37(23(3)4)54-39(50)42-31-17-16-30(55(6,51)52)19-32(31)53-21-33-43-34-18-11-27(20-46(34)45-33)26-9-14-29(15-10-26)41-36(47)24(5)25-7-12-28(40)13-8-25/h7-20,22-24,35,37,44H,21H2,1-6H3,(H,41,47)(H,42,50)(H,48,49)/t24-,35+,37?/m1/s1. The van der Waals surface area contributed by atoms with Gasteiger partial charge in [0.05, 0.1) is 16.5 Å². The number of aliphatic carboxylic acids is 1. The summed E-state index contributed by atoms with van der Waals surface area (Å²) in [7, 11) is -3.65. The van der Waals surface area contributed by atoms with E-state index in [0.29, 0.717) is 16.9 Å². The van der Waals surface area contributed by atoms with Gasteiger partial charge in [0.25, 0.3) is 0 Å². The highest BCUT2D eigenvalue weighted by Crippen LogP contribution is 2.30. The highest BCUT2D eigenvalue weighted by Gasteiger charge is 2.29. The highest BCUT2D eigenvalue weighted by atomic mass is 32.2. The van der Waals surface area contributed by atoms with E-state index in [9.17, 15) is 32.3 Å². The van der Waals surface area contributed by atoms with Crippen molar-refractivity contribution in [3.05, 3.63) is 102 Å². The van der Waals surface area contributed by atoms with Crippen LogP contribution in [0.5, 0.6) is 5.75 Å². The zero-order valence-electron chi connectivity index (χ0n) is 31.1. The van der Waals surface area contributed by atoms with E-state index in [1.165, 1.54) is 30.3 Å². The lowest BCUT2D eigenvalue weighted by Gasteiger charge is -2.28. The van der Waals surface area contributed by atoms with Gasteiger partial charge in [-0.15, -0.1) is 5.10 Å². The van der Waals surface area contributed by atoms with Gasteiger partial charge >= 0.3 is 12.1 Å². The molecule has 2 aromatic heterocycles. The third kappa shape index (κ3) is 10.4. The van der Waals surface area contributed by atoms with Crippen molar-refractivity contribution in [1.82, 2.24) is 19.9 Å². The molecule has 3 atom stereocenters. The SMILES string of the molecule is CC(C)C(N[C@H](C(=O)O)C(C)C)OC(=O)Nc1ccc(S(C)(=O)=O)cc1OCc1nc2ccc(-c3ccc(NC(=O)[C@H](C)c4ccc(F)cc4)cc3)cn2n1. The average molecular weight is 775 g/mol. The van der Waals surface area contributed by atoms with Crippen LogP contribution in [0.4, 0.5) is 20.6 Å². The van der Waals surface area contributed by atoms with Gasteiger partial charge in [-0.2, -0.15) is 0 Å². The van der Waals surface area contributed by atoms with Gasteiger partial charge in [0, 0.05) is 35.7 Å². The summed E-state index contributed by atoms with van der Waals surface area (Å²) in [4.78, 5) is 42.0. The van der Waals surface area contributed by atoms with Crippen LogP contribution in [0.15, 0.2) is 90.0 Å². The van der Waals surface area contributed by atoms with E-state index in [0.717, 1.165) is 17.4 Å². The van der Waals surface area contributed by atoms with Crippen molar-refractivity contribution in [2.24, 2.45) is 11.8 Å². The van der Waals surface area contributed by atoms with E-state index in [1.54, 1.807) is 75.7 Å². The predicted octanol–water partition coefficient (Wildman–Crippen LogP) is 6.49. The fourth-order valence-electron chi connectivity index (χ4n) is 5.50. The monoisotopic (exact) mass is 774 g/mol. The van der Waals surface area contributed by atoms with Gasteiger partial charge in [-0.05, 0) is 72.5 Å². The number of nitrogens with one attached hydrogen (secondary N) is 3. The second-order valence-corrected chi connectivity index (χ2v) is 15.7. The number of hydrogen-bond acceptors (Lipinski definition) is 10. The van der Waals surface area contributed by atoms with Gasteiger partial charge < -0.3 is 19.9 Å². The molecule has 0 fully saturated rings. The van der Waals surface area contributed by atoms with Crippen molar-refractivity contribution < 1.29 is 41.8 Å². The normalized spacial score (nSPS) is 13.3. The number of halogens is 1. The number of hydrogen-bond donors (Lipinski definition) is 4. The van der Waals surface area contributed by atoms with Crippen molar-refractivity contribution in [2.75, 3.05) is 16.9 Å². The highest BCUT2D eigenvalue weighted by molar-refractivity contribution is 7.90. The smallest absolute Gasteiger partial charge is 0.413 e. The number of carboxylic acid groups (broad SMARTS) is 1. The Balaban J connectivity index is 1.28. The number of amides is 2. The molecule has 2 heterocycles. The number of aromatic nitrogens is 3. The van der Waals surface area contributed by atoms with E-state index in [2.05, 4.69) is 26.0 Å². The number of carbonyl (C=O) groups is 3. The molecule has 3 aromatic carbocycles. The molecule has 16 heteroatoms. The molecule has 0 spiro atoms. The second-order valence-electron chi connectivity index (χ2n) is 13.7.